The fraction of sp³-hybridized carbons (Fsp3) is 0.889. The van der Waals surface area contributed by atoms with Crippen LogP contribution < -0.4 is 19.1 Å². The van der Waals surface area contributed by atoms with Crippen molar-refractivity contribution in [2.24, 2.45) is 0 Å². The molecule has 5 N–H and O–H groups in total. The number of nitrogens with zero attached hydrogens (tertiary/aromatic N) is 1. The molecule has 0 saturated carbocycles. The van der Waals surface area contributed by atoms with Gasteiger partial charge < -0.3 is 37.7 Å². The zero-order valence-corrected chi connectivity index (χ0v) is 13.8. The molecule has 0 aliphatic rings. The Kier molecular flexibility index (Phi) is 25.7. The van der Waals surface area contributed by atoms with Crippen molar-refractivity contribution < 1.29 is 55.6 Å². The summed E-state index contributed by atoms with van der Waals surface area (Å²) in [6.45, 7) is 4.49. The summed E-state index contributed by atoms with van der Waals surface area (Å²) in [5.41, 5.74) is 27.1. The summed E-state index contributed by atoms with van der Waals surface area (Å²) in [6.07, 6.45) is 0. The van der Waals surface area contributed by atoms with Crippen LogP contribution in [0.4, 0.5) is 0 Å². The summed E-state index contributed by atoms with van der Waals surface area (Å²) in [6, 6.07) is -1.09. The van der Waals surface area contributed by atoms with Crippen LogP contribution in [-0.4, -0.2) is 60.8 Å². The number of halogens is 1. The number of carbonyl (C=O) groups excluding carboxylic acids is 1. The van der Waals surface area contributed by atoms with Crippen molar-refractivity contribution in [3.05, 3.63) is 22.9 Å². The molecule has 0 aliphatic heterocycles. The maximum Gasteiger partial charge on any atom is 3.00 e. The predicted octanol–water partition coefficient (Wildman–Crippen LogP) is -3.50. The number of rotatable bonds is 7. The smallest absolute Gasteiger partial charge is 0.676 e. The van der Waals surface area contributed by atoms with Gasteiger partial charge in [-0.1, -0.05) is 6.92 Å². The third-order valence-electron chi connectivity index (χ3n) is 1.64. The van der Waals surface area contributed by atoms with Gasteiger partial charge in [0.25, 0.3) is 0 Å². The number of nitrogens with one attached hydrogen (secondary N) is 4. The Bertz CT molecular complexity index is 227. The maximum atomic E-state index is 9.40. The minimum Gasteiger partial charge on any atom is -0.676 e. The van der Waals surface area contributed by atoms with E-state index < -0.39 is 22.3 Å². The maximum absolute atomic E-state index is 9.40. The van der Waals surface area contributed by atoms with Gasteiger partial charge >= 0.3 is 16.8 Å². The molecule has 0 radical (unpaired) electrons. The van der Waals surface area contributed by atoms with Crippen LogP contribution in [0.2, 0.25) is 0 Å². The van der Waals surface area contributed by atoms with Crippen LogP contribution in [0.1, 0.15) is 6.92 Å². The Labute approximate surface area is 142 Å². The molecule has 11 nitrogen and oxygen atoms in total. The number of hydrogen-bond acceptors (Lipinski definition) is 7. The molecular weight excluding hydrogens is 369 g/mol. The first-order valence-electron chi connectivity index (χ1n) is 5.70. The first-order valence-corrected chi connectivity index (χ1v) is 6.97. The van der Waals surface area contributed by atoms with Crippen molar-refractivity contribution in [2.75, 3.05) is 39.3 Å². The molecule has 0 amide bonds. The van der Waals surface area contributed by atoms with Gasteiger partial charge in [-0.2, -0.15) is 14.0 Å². The Hall–Kier alpha value is -0.0935. The van der Waals surface area contributed by atoms with Gasteiger partial charge in [0.1, 0.15) is 0 Å². The second-order valence-corrected chi connectivity index (χ2v) is 4.32. The third kappa shape index (κ3) is 42.7. The zero-order chi connectivity index (χ0) is 17.5. The fourth-order valence-corrected chi connectivity index (χ4v) is 0.810. The topological polar surface area (TPSA) is 228 Å². The van der Waals surface area contributed by atoms with E-state index in [1.165, 1.54) is 6.92 Å². The molecular formula is C9H21ClCoN5O6-2. The first kappa shape index (κ1) is 29.9. The molecule has 0 bridgehead atoms. The zero-order valence-electron chi connectivity index (χ0n) is 12.0. The number of carboxylic acid groups (broad SMARTS) is 1. The molecule has 0 aromatic heterocycles. The quantitative estimate of drug-likeness (QED) is 0.460. The number of carbonyl (C=O) groups is 1. The van der Waals surface area contributed by atoms with Crippen molar-refractivity contribution in [3.63, 3.8) is 0 Å². The minimum absolute atomic E-state index is 0. The van der Waals surface area contributed by atoms with Crippen molar-refractivity contribution in [1.29, 1.82) is 0 Å². The Morgan fingerprint density at radius 2 is 1.27 bits per heavy atom. The van der Waals surface area contributed by atoms with Gasteiger partial charge in [-0.3, -0.25) is 0 Å². The molecule has 0 rings (SSSR count). The average Bonchev–Trinajstić information content (AvgIpc) is 2.28. The van der Waals surface area contributed by atoms with Gasteiger partial charge in [-0.15, -0.1) is 25.7 Å². The third-order valence-corrected chi connectivity index (χ3v) is 1.64. The summed E-state index contributed by atoms with van der Waals surface area (Å²) in [7, 11) is -4.69. The van der Waals surface area contributed by atoms with Crippen LogP contribution in [-0.2, 0) is 21.6 Å². The first-order chi connectivity index (χ1) is 9.49. The molecule has 0 aliphatic carbocycles. The van der Waals surface area contributed by atoms with Crippen molar-refractivity contribution >= 4 is 5.97 Å². The second kappa shape index (κ2) is 19.0. The SMILES string of the molecule is CC([NH-])C(=O)[O-].[Co+3].[NH-]CCN(CC[NH-])CC[NH-].[O-][Cl+3]([O-])([O-])O. The van der Waals surface area contributed by atoms with E-state index in [-0.39, 0.29) is 16.8 Å². The molecule has 0 aromatic rings. The van der Waals surface area contributed by atoms with Gasteiger partial charge in [-0.25, -0.2) is 0 Å². The summed E-state index contributed by atoms with van der Waals surface area (Å²) >= 11 is 0. The van der Waals surface area contributed by atoms with E-state index in [0.717, 1.165) is 0 Å². The van der Waals surface area contributed by atoms with Gasteiger partial charge in [0.2, 0.25) is 0 Å². The molecule has 0 aromatic carbocycles. The molecule has 13 heteroatoms. The van der Waals surface area contributed by atoms with Gasteiger partial charge in [-0.05, 0) is 19.6 Å². The Morgan fingerprint density at radius 1 is 1.09 bits per heavy atom. The fourth-order valence-electron chi connectivity index (χ4n) is 0.810. The largest absolute Gasteiger partial charge is 3.00 e. The molecule has 136 valence electrons. The van der Waals surface area contributed by atoms with Crippen LogP contribution in [0.3, 0.4) is 0 Å². The van der Waals surface area contributed by atoms with Crippen LogP contribution in [0.5, 0.6) is 0 Å². The molecule has 0 heterocycles. The molecule has 1 unspecified atom stereocenters. The van der Waals surface area contributed by atoms with E-state index in [1.807, 2.05) is 4.90 Å². The van der Waals surface area contributed by atoms with Crippen LogP contribution in [0.15, 0.2) is 0 Å². The standard InChI is InChI=1S/C6H15N4.C3H6NO2.ClHO4.Co/c7-1-4-10(5-2-8)6-3-9;1-2(4)3(5)6;2-1(3,4)5;/h7-9H,1-6H2;2,4H,1H3,(H,5,6);(H,2,3,4,5);/q-3;-1;;+3/p-1. The second-order valence-electron chi connectivity index (χ2n) is 3.53. The van der Waals surface area contributed by atoms with Gasteiger partial charge in [0.05, 0.1) is 14.9 Å². The van der Waals surface area contributed by atoms with E-state index in [9.17, 15) is 9.90 Å². The molecule has 22 heavy (non-hydrogen) atoms. The average molecular weight is 390 g/mol. The summed E-state index contributed by atoms with van der Waals surface area (Å²) in [4.78, 5) is 11.4. The van der Waals surface area contributed by atoms with E-state index >= 15 is 0 Å². The summed E-state index contributed by atoms with van der Waals surface area (Å²) < 4.78 is 32.7. The minimum atomic E-state index is -4.69. The monoisotopic (exact) mass is 389 g/mol. The Morgan fingerprint density at radius 3 is 1.36 bits per heavy atom. The van der Waals surface area contributed by atoms with E-state index in [0.29, 0.717) is 39.3 Å². The van der Waals surface area contributed by atoms with E-state index in [2.05, 4.69) is 0 Å². The summed E-state index contributed by atoms with van der Waals surface area (Å²) in [5, 5.41) is 9.40. The van der Waals surface area contributed by atoms with Gasteiger partial charge in [0, 0.05) is 5.97 Å². The number of hydrogen-bond donors (Lipinski definition) is 1. The van der Waals surface area contributed by atoms with Crippen LogP contribution in [0.25, 0.3) is 22.9 Å². The van der Waals surface area contributed by atoms with E-state index in [4.69, 9.17) is 41.6 Å². The van der Waals surface area contributed by atoms with Crippen molar-refractivity contribution in [2.45, 2.75) is 13.0 Å². The van der Waals surface area contributed by atoms with Crippen LogP contribution >= 0.6 is 0 Å². The van der Waals surface area contributed by atoms with E-state index in [1.54, 1.807) is 0 Å². The number of aliphatic carboxylic acids is 1. The normalized spacial score (nSPS) is 11.4. The predicted molar refractivity (Wildman–Crippen MR) is 65.0 cm³/mol. The summed E-state index contributed by atoms with van der Waals surface area (Å²) in [5.74, 6) is -1.32. The Balaban J connectivity index is -0.000000117. The van der Waals surface area contributed by atoms with Crippen LogP contribution in [0, 0.1) is 10.2 Å². The molecule has 0 spiro atoms. The molecule has 1 atom stereocenters. The van der Waals surface area contributed by atoms with Gasteiger partial charge in [0.15, 0.2) is 0 Å². The van der Waals surface area contributed by atoms with Crippen molar-refractivity contribution in [3.8, 4) is 0 Å². The number of carboxylic acids is 1. The molecule has 0 fully saturated rings. The van der Waals surface area contributed by atoms with Crippen molar-refractivity contribution in [1.82, 2.24) is 4.90 Å². The molecule has 0 saturated heterocycles.